The minimum atomic E-state index is -0.363. The lowest BCUT2D eigenvalue weighted by atomic mass is 10.1. The maximum absolute atomic E-state index is 11.5. The third kappa shape index (κ3) is 1.82. The molecule has 0 aliphatic carbocycles. The summed E-state index contributed by atoms with van der Waals surface area (Å²) in [5, 5.41) is 2.26. The number of rotatable bonds is 1. The van der Waals surface area contributed by atoms with Crippen LogP contribution in [0.1, 0.15) is 11.1 Å². The number of benzene rings is 1. The molecule has 0 unspecified atom stereocenters. The van der Waals surface area contributed by atoms with Crippen LogP contribution in [0.15, 0.2) is 16.6 Å². The number of anilines is 1. The Kier molecular flexibility index (Phi) is 2.71. The van der Waals surface area contributed by atoms with E-state index in [1.807, 2.05) is 26.0 Å². The van der Waals surface area contributed by atoms with Crippen molar-refractivity contribution >= 4 is 33.6 Å². The smallest absolute Gasteiger partial charge is 0.283 e. The normalized spacial score (nSPS) is 15.6. The van der Waals surface area contributed by atoms with E-state index in [1.54, 1.807) is 0 Å². The highest BCUT2D eigenvalue weighted by molar-refractivity contribution is 9.10. The third-order valence-electron chi connectivity index (χ3n) is 2.46. The molecule has 1 heterocycles. The van der Waals surface area contributed by atoms with E-state index in [4.69, 9.17) is 0 Å². The van der Waals surface area contributed by atoms with Gasteiger partial charge in [0.2, 0.25) is 5.91 Å². The molecule has 1 aliphatic heterocycles. The number of halogens is 1. The number of carbonyl (C=O) groups is 2. The molecule has 1 aliphatic rings. The van der Waals surface area contributed by atoms with Crippen LogP contribution >= 0.6 is 15.9 Å². The summed E-state index contributed by atoms with van der Waals surface area (Å²) in [7, 11) is 0. The number of imide groups is 1. The summed E-state index contributed by atoms with van der Waals surface area (Å²) in [4.78, 5) is 24.1. The minimum absolute atomic E-state index is 0.0847. The first-order valence-corrected chi connectivity index (χ1v) is 5.66. The van der Waals surface area contributed by atoms with Crippen LogP contribution in [0.4, 0.5) is 10.5 Å². The van der Waals surface area contributed by atoms with Crippen molar-refractivity contribution < 1.29 is 9.59 Å². The predicted octanol–water partition coefficient (Wildman–Crippen LogP) is 2.12. The van der Waals surface area contributed by atoms with Crippen LogP contribution in [-0.4, -0.2) is 18.5 Å². The fourth-order valence-corrected chi connectivity index (χ4v) is 2.76. The topological polar surface area (TPSA) is 49.4 Å². The average molecular weight is 283 g/mol. The van der Waals surface area contributed by atoms with Gasteiger partial charge in [-0.1, -0.05) is 6.07 Å². The van der Waals surface area contributed by atoms with Crippen molar-refractivity contribution in [2.75, 3.05) is 11.4 Å². The lowest BCUT2D eigenvalue weighted by molar-refractivity contribution is -0.117. The first-order valence-electron chi connectivity index (χ1n) is 4.87. The van der Waals surface area contributed by atoms with Crippen LogP contribution < -0.4 is 10.2 Å². The van der Waals surface area contributed by atoms with Crippen molar-refractivity contribution in [3.05, 3.63) is 27.7 Å². The van der Waals surface area contributed by atoms with Crippen LogP contribution in [0.5, 0.6) is 0 Å². The predicted molar refractivity (Wildman–Crippen MR) is 64.5 cm³/mol. The highest BCUT2D eigenvalue weighted by atomic mass is 79.9. The van der Waals surface area contributed by atoms with Gasteiger partial charge in [-0.2, -0.15) is 0 Å². The molecule has 0 spiro atoms. The van der Waals surface area contributed by atoms with Gasteiger partial charge in [0.05, 0.1) is 5.69 Å². The molecule has 3 amide bonds. The second kappa shape index (κ2) is 3.90. The zero-order valence-electron chi connectivity index (χ0n) is 9.00. The van der Waals surface area contributed by atoms with E-state index in [0.717, 1.165) is 21.3 Å². The van der Waals surface area contributed by atoms with E-state index in [9.17, 15) is 9.59 Å². The van der Waals surface area contributed by atoms with E-state index >= 15 is 0 Å². The zero-order valence-corrected chi connectivity index (χ0v) is 10.6. The van der Waals surface area contributed by atoms with Gasteiger partial charge in [0.25, 0.3) is 0 Å². The quantitative estimate of drug-likeness (QED) is 0.803. The zero-order chi connectivity index (χ0) is 11.9. The Bertz CT molecular complexity index is 462. The number of hydrogen-bond acceptors (Lipinski definition) is 2. The number of nitrogens with zero attached hydrogens (tertiary/aromatic N) is 1. The van der Waals surface area contributed by atoms with Gasteiger partial charge in [0.1, 0.15) is 6.54 Å². The average Bonchev–Trinajstić information content (AvgIpc) is 2.43. The lowest BCUT2D eigenvalue weighted by Gasteiger charge is -2.18. The molecule has 1 N–H and O–H groups in total. The van der Waals surface area contributed by atoms with E-state index in [-0.39, 0.29) is 18.5 Å². The molecule has 1 saturated heterocycles. The standard InChI is InChI=1S/C11H11BrN2O2/c1-6-3-7(2)10(8(12)4-6)14-5-9(15)13-11(14)16/h3-4H,5H2,1-2H3,(H,13,15,16). The van der Waals surface area contributed by atoms with Crippen LogP contribution in [0.3, 0.4) is 0 Å². The second-order valence-corrected chi connectivity index (χ2v) is 4.71. The van der Waals surface area contributed by atoms with Gasteiger partial charge in [-0.05, 0) is 47.0 Å². The van der Waals surface area contributed by atoms with Gasteiger partial charge in [0.15, 0.2) is 0 Å². The molecule has 0 saturated carbocycles. The molecule has 16 heavy (non-hydrogen) atoms. The maximum atomic E-state index is 11.5. The Morgan fingerprint density at radius 2 is 2.00 bits per heavy atom. The van der Waals surface area contributed by atoms with Gasteiger partial charge < -0.3 is 0 Å². The largest absolute Gasteiger partial charge is 0.329 e. The van der Waals surface area contributed by atoms with Crippen molar-refractivity contribution in [1.29, 1.82) is 0 Å². The molecule has 4 nitrogen and oxygen atoms in total. The van der Waals surface area contributed by atoms with Crippen LogP contribution in [-0.2, 0) is 4.79 Å². The SMILES string of the molecule is Cc1cc(C)c(N2CC(=O)NC2=O)c(Br)c1. The third-order valence-corrected chi connectivity index (χ3v) is 3.07. The fourth-order valence-electron chi connectivity index (χ4n) is 1.87. The molecule has 0 radical (unpaired) electrons. The van der Waals surface area contributed by atoms with E-state index in [1.165, 1.54) is 4.90 Å². The number of amides is 3. The Hall–Kier alpha value is -1.36. The number of urea groups is 1. The molecular formula is C11H11BrN2O2. The molecule has 84 valence electrons. The van der Waals surface area contributed by atoms with Crippen LogP contribution in [0.25, 0.3) is 0 Å². The summed E-state index contributed by atoms with van der Waals surface area (Å²) in [5.41, 5.74) is 2.84. The molecule has 5 heteroatoms. The van der Waals surface area contributed by atoms with Crippen molar-refractivity contribution in [3.8, 4) is 0 Å². The molecular weight excluding hydrogens is 272 g/mol. The molecule has 1 aromatic carbocycles. The summed E-state index contributed by atoms with van der Waals surface area (Å²) in [5.74, 6) is -0.267. The molecule has 1 fully saturated rings. The monoisotopic (exact) mass is 282 g/mol. The van der Waals surface area contributed by atoms with Gasteiger partial charge >= 0.3 is 6.03 Å². The molecule has 1 aromatic rings. The Morgan fingerprint density at radius 3 is 2.50 bits per heavy atom. The number of carbonyl (C=O) groups excluding carboxylic acids is 2. The highest BCUT2D eigenvalue weighted by Crippen LogP contribution is 2.32. The Labute approximate surface area is 102 Å². The Balaban J connectivity index is 2.48. The van der Waals surface area contributed by atoms with Crippen molar-refractivity contribution in [2.24, 2.45) is 0 Å². The summed E-state index contributed by atoms with van der Waals surface area (Å²) in [6.07, 6.45) is 0. The van der Waals surface area contributed by atoms with Crippen molar-refractivity contribution in [2.45, 2.75) is 13.8 Å². The molecule has 0 bridgehead atoms. The van der Waals surface area contributed by atoms with Gasteiger partial charge in [-0.15, -0.1) is 0 Å². The highest BCUT2D eigenvalue weighted by Gasteiger charge is 2.30. The summed E-state index contributed by atoms with van der Waals surface area (Å²) in [6, 6.07) is 3.55. The summed E-state index contributed by atoms with van der Waals surface area (Å²) < 4.78 is 0.829. The second-order valence-electron chi connectivity index (χ2n) is 3.85. The maximum Gasteiger partial charge on any atom is 0.329 e. The summed E-state index contributed by atoms with van der Waals surface area (Å²) >= 11 is 3.42. The first-order chi connectivity index (χ1) is 7.49. The minimum Gasteiger partial charge on any atom is -0.283 e. The number of nitrogens with one attached hydrogen (secondary N) is 1. The van der Waals surface area contributed by atoms with E-state index < -0.39 is 0 Å². The van der Waals surface area contributed by atoms with E-state index in [2.05, 4.69) is 21.2 Å². The molecule has 0 atom stereocenters. The van der Waals surface area contributed by atoms with Crippen molar-refractivity contribution in [1.82, 2.24) is 5.32 Å². The van der Waals surface area contributed by atoms with Gasteiger partial charge in [0, 0.05) is 4.47 Å². The fraction of sp³-hybridized carbons (Fsp3) is 0.273. The molecule has 0 aromatic heterocycles. The first kappa shape index (κ1) is 11.1. The van der Waals surface area contributed by atoms with Crippen LogP contribution in [0.2, 0.25) is 0 Å². The molecule has 2 rings (SSSR count). The Morgan fingerprint density at radius 1 is 1.31 bits per heavy atom. The van der Waals surface area contributed by atoms with Gasteiger partial charge in [-0.25, -0.2) is 4.79 Å². The van der Waals surface area contributed by atoms with E-state index in [0.29, 0.717) is 0 Å². The number of aryl methyl sites for hydroxylation is 2. The van der Waals surface area contributed by atoms with Crippen LogP contribution in [0, 0.1) is 13.8 Å². The lowest BCUT2D eigenvalue weighted by Crippen LogP contribution is -2.28. The van der Waals surface area contributed by atoms with Gasteiger partial charge in [-0.3, -0.25) is 15.0 Å². The van der Waals surface area contributed by atoms with Crippen molar-refractivity contribution in [3.63, 3.8) is 0 Å². The summed E-state index contributed by atoms with van der Waals surface area (Å²) in [6.45, 7) is 3.99. The number of hydrogen-bond donors (Lipinski definition) is 1.